The van der Waals surface area contributed by atoms with Crippen LogP contribution in [0.2, 0.25) is 0 Å². The van der Waals surface area contributed by atoms with Crippen LogP contribution in [0.25, 0.3) is 0 Å². The number of hydrogen-bond acceptors (Lipinski definition) is 3. The van der Waals surface area contributed by atoms with Crippen LogP contribution in [-0.2, 0) is 9.78 Å². The monoisotopic (exact) mass is 234 g/mol. The summed E-state index contributed by atoms with van der Waals surface area (Å²) in [5.41, 5.74) is 2.80. The fourth-order valence-corrected chi connectivity index (χ4v) is 2.01. The second-order valence-electron chi connectivity index (χ2n) is 4.67. The maximum atomic E-state index is 11.7. The minimum Gasteiger partial charge on any atom is -0.293 e. The summed E-state index contributed by atoms with van der Waals surface area (Å²) in [7, 11) is 0. The Hall–Kier alpha value is -1.35. The van der Waals surface area contributed by atoms with Crippen molar-refractivity contribution in [1.82, 2.24) is 0 Å². The third kappa shape index (κ3) is 3.07. The minimum absolute atomic E-state index is 0.0884. The first kappa shape index (κ1) is 12.1. The predicted molar refractivity (Wildman–Crippen MR) is 64.7 cm³/mol. The zero-order valence-electron chi connectivity index (χ0n) is 10.4. The van der Waals surface area contributed by atoms with Crippen LogP contribution < -0.4 is 0 Å². The summed E-state index contributed by atoms with van der Waals surface area (Å²) in [5.74, 6) is -0.403. The van der Waals surface area contributed by atoms with Crippen molar-refractivity contribution >= 4 is 5.97 Å². The number of aryl methyl sites for hydroxylation is 2. The van der Waals surface area contributed by atoms with Crippen LogP contribution in [0.15, 0.2) is 18.2 Å². The number of hydrogen-bond donors (Lipinski definition) is 0. The lowest BCUT2D eigenvalue weighted by Gasteiger charge is -2.09. The second-order valence-corrected chi connectivity index (χ2v) is 4.67. The van der Waals surface area contributed by atoms with Crippen molar-refractivity contribution in [2.45, 2.75) is 45.6 Å². The van der Waals surface area contributed by atoms with Gasteiger partial charge >= 0.3 is 5.97 Å². The summed E-state index contributed by atoms with van der Waals surface area (Å²) in [5, 5.41) is 0. The molecule has 1 aromatic rings. The van der Waals surface area contributed by atoms with E-state index in [2.05, 4.69) is 0 Å². The van der Waals surface area contributed by atoms with Gasteiger partial charge in [-0.2, -0.15) is 4.89 Å². The van der Waals surface area contributed by atoms with Crippen molar-refractivity contribution in [3.63, 3.8) is 0 Å². The van der Waals surface area contributed by atoms with Crippen LogP contribution in [0.1, 0.15) is 47.2 Å². The molecule has 3 nitrogen and oxygen atoms in total. The van der Waals surface area contributed by atoms with E-state index >= 15 is 0 Å². The number of carbonyl (C=O) groups excluding carboxylic acids is 1. The molecule has 0 bridgehead atoms. The molecule has 0 heterocycles. The molecule has 1 fully saturated rings. The van der Waals surface area contributed by atoms with Gasteiger partial charge in [0.05, 0.1) is 5.56 Å². The summed E-state index contributed by atoms with van der Waals surface area (Å²) in [6, 6.07) is 5.51. The van der Waals surface area contributed by atoms with Gasteiger partial charge in [0.2, 0.25) is 0 Å². The molecule has 2 rings (SSSR count). The number of benzene rings is 1. The molecule has 0 unspecified atom stereocenters. The molecule has 0 aromatic heterocycles. The number of carbonyl (C=O) groups is 1. The third-order valence-corrected chi connectivity index (χ3v) is 3.30. The van der Waals surface area contributed by atoms with Gasteiger partial charge in [0, 0.05) is 0 Å². The van der Waals surface area contributed by atoms with Crippen molar-refractivity contribution in [2.75, 3.05) is 0 Å². The first-order chi connectivity index (χ1) is 8.16. The van der Waals surface area contributed by atoms with Crippen LogP contribution in [0.4, 0.5) is 0 Å². The van der Waals surface area contributed by atoms with Crippen molar-refractivity contribution in [2.24, 2.45) is 0 Å². The molecular weight excluding hydrogens is 216 g/mol. The lowest BCUT2D eigenvalue weighted by atomic mass is 10.1. The summed E-state index contributed by atoms with van der Waals surface area (Å²) < 4.78 is 0. The highest BCUT2D eigenvalue weighted by molar-refractivity contribution is 5.89. The Morgan fingerprint density at radius 3 is 2.53 bits per heavy atom. The molecular formula is C14H18O3. The Labute approximate surface area is 102 Å². The third-order valence-electron chi connectivity index (χ3n) is 3.30. The van der Waals surface area contributed by atoms with E-state index in [1.165, 1.54) is 5.56 Å². The number of rotatable bonds is 3. The van der Waals surface area contributed by atoms with Crippen molar-refractivity contribution in [1.29, 1.82) is 0 Å². The van der Waals surface area contributed by atoms with Crippen LogP contribution in [0, 0.1) is 13.8 Å². The van der Waals surface area contributed by atoms with E-state index in [-0.39, 0.29) is 6.10 Å². The zero-order valence-corrected chi connectivity index (χ0v) is 10.4. The van der Waals surface area contributed by atoms with E-state index in [9.17, 15) is 4.79 Å². The smallest absolute Gasteiger partial charge is 0.293 e. The summed E-state index contributed by atoms with van der Waals surface area (Å²) in [6.45, 7) is 3.99. The lowest BCUT2D eigenvalue weighted by Crippen LogP contribution is -2.13. The summed E-state index contributed by atoms with van der Waals surface area (Å²) in [4.78, 5) is 21.7. The molecule has 0 spiro atoms. The Bertz CT molecular complexity index is 406. The Morgan fingerprint density at radius 2 is 1.88 bits per heavy atom. The van der Waals surface area contributed by atoms with Gasteiger partial charge in [0.1, 0.15) is 6.10 Å². The van der Waals surface area contributed by atoms with Crippen molar-refractivity contribution in [3.8, 4) is 0 Å². The van der Waals surface area contributed by atoms with Gasteiger partial charge in [-0.1, -0.05) is 18.9 Å². The minimum atomic E-state index is -0.403. The Morgan fingerprint density at radius 1 is 1.18 bits per heavy atom. The highest BCUT2D eigenvalue weighted by Crippen LogP contribution is 2.21. The molecule has 0 aliphatic heterocycles. The lowest BCUT2D eigenvalue weighted by molar-refractivity contribution is -0.272. The van der Waals surface area contributed by atoms with E-state index in [4.69, 9.17) is 9.78 Å². The van der Waals surface area contributed by atoms with E-state index < -0.39 is 5.97 Å². The molecule has 0 amide bonds. The molecule has 1 aliphatic rings. The molecule has 0 saturated heterocycles. The SMILES string of the molecule is Cc1ccc(C(=O)OOC2CCCC2)cc1C. The molecule has 0 radical (unpaired) electrons. The topological polar surface area (TPSA) is 35.5 Å². The van der Waals surface area contributed by atoms with E-state index in [1.54, 1.807) is 6.07 Å². The van der Waals surface area contributed by atoms with Gasteiger partial charge in [0.25, 0.3) is 0 Å². The molecule has 1 aromatic carbocycles. The van der Waals surface area contributed by atoms with Gasteiger partial charge in [-0.3, -0.25) is 4.89 Å². The molecule has 0 atom stereocenters. The second kappa shape index (κ2) is 5.32. The van der Waals surface area contributed by atoms with Gasteiger partial charge in [-0.25, -0.2) is 4.79 Å². The van der Waals surface area contributed by atoms with Gasteiger partial charge in [-0.15, -0.1) is 0 Å². The quantitative estimate of drug-likeness (QED) is 0.594. The summed E-state index contributed by atoms with van der Waals surface area (Å²) in [6.07, 6.45) is 4.38. The average Bonchev–Trinajstić information content (AvgIpc) is 2.82. The van der Waals surface area contributed by atoms with Crippen molar-refractivity contribution < 1.29 is 14.6 Å². The zero-order chi connectivity index (χ0) is 12.3. The fourth-order valence-electron chi connectivity index (χ4n) is 2.01. The first-order valence-electron chi connectivity index (χ1n) is 6.12. The molecule has 1 saturated carbocycles. The fraction of sp³-hybridized carbons (Fsp3) is 0.500. The first-order valence-corrected chi connectivity index (χ1v) is 6.12. The van der Waals surface area contributed by atoms with Crippen LogP contribution in [-0.4, -0.2) is 12.1 Å². The van der Waals surface area contributed by atoms with Gasteiger partial charge in [0.15, 0.2) is 0 Å². The van der Waals surface area contributed by atoms with E-state index in [0.717, 1.165) is 31.2 Å². The molecule has 1 aliphatic carbocycles. The molecule has 92 valence electrons. The van der Waals surface area contributed by atoms with Gasteiger partial charge in [-0.05, 0) is 49.9 Å². The van der Waals surface area contributed by atoms with Crippen LogP contribution in [0.5, 0.6) is 0 Å². The maximum absolute atomic E-state index is 11.7. The van der Waals surface area contributed by atoms with Crippen LogP contribution in [0.3, 0.4) is 0 Å². The molecule has 17 heavy (non-hydrogen) atoms. The highest BCUT2D eigenvalue weighted by atomic mass is 17.2. The molecule has 3 heteroatoms. The average molecular weight is 234 g/mol. The van der Waals surface area contributed by atoms with Crippen LogP contribution >= 0.6 is 0 Å². The van der Waals surface area contributed by atoms with Gasteiger partial charge < -0.3 is 0 Å². The Balaban J connectivity index is 1.92. The largest absolute Gasteiger partial charge is 0.373 e. The normalized spacial score (nSPS) is 16.1. The predicted octanol–water partition coefficient (Wildman–Crippen LogP) is 3.33. The van der Waals surface area contributed by atoms with E-state index in [0.29, 0.717) is 5.56 Å². The highest BCUT2D eigenvalue weighted by Gasteiger charge is 2.19. The Kier molecular flexibility index (Phi) is 3.79. The van der Waals surface area contributed by atoms with E-state index in [1.807, 2.05) is 26.0 Å². The maximum Gasteiger partial charge on any atom is 0.373 e. The van der Waals surface area contributed by atoms with Crippen molar-refractivity contribution in [3.05, 3.63) is 34.9 Å². The summed E-state index contributed by atoms with van der Waals surface area (Å²) >= 11 is 0. The molecule has 0 N–H and O–H groups in total. The standard InChI is InChI=1S/C14H18O3/c1-10-7-8-12(9-11(10)2)14(15)17-16-13-5-3-4-6-13/h7-9,13H,3-6H2,1-2H3.